The first-order valence-electron chi connectivity index (χ1n) is 5.95. The Balaban J connectivity index is 2.32. The van der Waals surface area contributed by atoms with Crippen molar-refractivity contribution in [3.63, 3.8) is 0 Å². The zero-order chi connectivity index (χ0) is 13.3. The van der Waals surface area contributed by atoms with Gasteiger partial charge >= 0.3 is 0 Å². The molecule has 0 aliphatic carbocycles. The number of aliphatic hydroxyl groups excluding tert-OH is 1. The molecule has 1 heterocycles. The molecule has 0 radical (unpaired) electrons. The molecule has 18 heavy (non-hydrogen) atoms. The van der Waals surface area contributed by atoms with E-state index in [9.17, 15) is 13.5 Å². The van der Waals surface area contributed by atoms with Gasteiger partial charge in [0.2, 0.25) is 10.0 Å². The first-order chi connectivity index (χ1) is 8.41. The molecule has 5 nitrogen and oxygen atoms in total. The minimum atomic E-state index is -3.54. The number of hydrogen-bond donors (Lipinski definition) is 2. The topological polar surface area (TPSA) is 83.6 Å². The average Bonchev–Trinajstić information content (AvgIpc) is 2.32. The second-order valence-corrected chi connectivity index (χ2v) is 6.62. The summed E-state index contributed by atoms with van der Waals surface area (Å²) in [5, 5.41) is 9.56. The molecule has 0 bridgehead atoms. The molecule has 0 amide bonds. The van der Waals surface area contributed by atoms with Crippen LogP contribution in [0.2, 0.25) is 0 Å². The maximum atomic E-state index is 12.4. The fourth-order valence-electron chi connectivity index (χ4n) is 2.07. The van der Waals surface area contributed by atoms with Gasteiger partial charge in [-0.15, -0.1) is 0 Å². The van der Waals surface area contributed by atoms with Crippen LogP contribution in [0.1, 0.15) is 18.4 Å². The molecule has 1 atom stereocenters. The Bertz CT molecular complexity index is 542. The van der Waals surface area contributed by atoms with E-state index in [1.807, 2.05) is 6.92 Å². The summed E-state index contributed by atoms with van der Waals surface area (Å²) in [6, 6.07) is 4.73. The molecule has 2 rings (SSSR count). The van der Waals surface area contributed by atoms with Gasteiger partial charge in [-0.05, 0) is 37.5 Å². The number of aliphatic hydroxyl groups is 1. The average molecular weight is 270 g/mol. The highest BCUT2D eigenvalue weighted by Crippen LogP contribution is 2.23. The van der Waals surface area contributed by atoms with Crippen LogP contribution >= 0.6 is 0 Å². The molecular weight excluding hydrogens is 252 g/mol. The molecule has 1 aromatic rings. The van der Waals surface area contributed by atoms with E-state index in [0.717, 1.165) is 5.56 Å². The summed E-state index contributed by atoms with van der Waals surface area (Å²) in [5.74, 6) is 0. The summed E-state index contributed by atoms with van der Waals surface area (Å²) < 4.78 is 26.0. The van der Waals surface area contributed by atoms with Crippen LogP contribution in [0.25, 0.3) is 0 Å². The van der Waals surface area contributed by atoms with Crippen molar-refractivity contribution < 1.29 is 13.5 Å². The zero-order valence-corrected chi connectivity index (χ0v) is 11.2. The quantitative estimate of drug-likeness (QED) is 0.776. The Morgan fingerprint density at radius 3 is 2.78 bits per heavy atom. The molecule has 3 N–H and O–H groups in total. The van der Waals surface area contributed by atoms with E-state index in [4.69, 9.17) is 5.73 Å². The van der Waals surface area contributed by atoms with Crippen LogP contribution in [-0.2, 0) is 10.0 Å². The second kappa shape index (κ2) is 4.87. The number of nitrogen functional groups attached to an aromatic ring is 1. The summed E-state index contributed by atoms with van der Waals surface area (Å²) in [6.07, 6.45) is 0.764. The van der Waals surface area contributed by atoms with Gasteiger partial charge in [-0.25, -0.2) is 8.42 Å². The highest BCUT2D eigenvalue weighted by atomic mass is 32.2. The van der Waals surface area contributed by atoms with E-state index >= 15 is 0 Å². The molecule has 1 fully saturated rings. The lowest BCUT2D eigenvalue weighted by molar-refractivity contribution is 0.108. The number of sulfonamides is 1. The van der Waals surface area contributed by atoms with Crippen LogP contribution in [0.4, 0.5) is 5.69 Å². The van der Waals surface area contributed by atoms with Crippen LogP contribution in [0.3, 0.4) is 0 Å². The summed E-state index contributed by atoms with van der Waals surface area (Å²) in [4.78, 5) is 0.194. The van der Waals surface area contributed by atoms with Gasteiger partial charge in [0.15, 0.2) is 0 Å². The van der Waals surface area contributed by atoms with Crippen molar-refractivity contribution in [3.8, 4) is 0 Å². The van der Waals surface area contributed by atoms with Crippen molar-refractivity contribution in [1.29, 1.82) is 0 Å². The predicted molar refractivity (Wildman–Crippen MR) is 69.6 cm³/mol. The van der Waals surface area contributed by atoms with Gasteiger partial charge in [0.05, 0.1) is 11.0 Å². The van der Waals surface area contributed by atoms with E-state index < -0.39 is 16.1 Å². The number of β-amino-alcohol motifs (C(OH)–C–C–N with tert-alkyl or cyclic N) is 1. The Morgan fingerprint density at radius 2 is 2.17 bits per heavy atom. The predicted octanol–water partition coefficient (Wildman–Crippen LogP) is 0.723. The Morgan fingerprint density at radius 1 is 1.44 bits per heavy atom. The van der Waals surface area contributed by atoms with Crippen LogP contribution in [0.5, 0.6) is 0 Å². The van der Waals surface area contributed by atoms with Crippen LogP contribution < -0.4 is 5.73 Å². The van der Waals surface area contributed by atoms with Crippen molar-refractivity contribution >= 4 is 15.7 Å². The zero-order valence-electron chi connectivity index (χ0n) is 10.3. The summed E-state index contributed by atoms with van der Waals surface area (Å²) in [5.41, 5.74) is 7.06. The Hall–Kier alpha value is -1.11. The van der Waals surface area contributed by atoms with Crippen molar-refractivity contribution in [2.75, 3.05) is 18.8 Å². The third kappa shape index (κ3) is 2.50. The van der Waals surface area contributed by atoms with E-state index in [0.29, 0.717) is 25.1 Å². The standard InChI is InChI=1S/C12H18N2O3S/c1-9-4-5-11(7-12(9)13)18(16,17)14-6-2-3-10(15)8-14/h4-5,7,10,15H,2-3,6,8,13H2,1H3/t10-/m0/s1. The molecular formula is C12H18N2O3S. The monoisotopic (exact) mass is 270 g/mol. The summed E-state index contributed by atoms with van der Waals surface area (Å²) in [7, 11) is -3.54. The van der Waals surface area contributed by atoms with Crippen LogP contribution in [-0.4, -0.2) is 37.0 Å². The molecule has 6 heteroatoms. The van der Waals surface area contributed by atoms with Gasteiger partial charge in [0.1, 0.15) is 0 Å². The Labute approximate surface area is 107 Å². The molecule has 100 valence electrons. The van der Waals surface area contributed by atoms with Crippen LogP contribution in [0, 0.1) is 6.92 Å². The Kier molecular flexibility index (Phi) is 3.61. The smallest absolute Gasteiger partial charge is 0.243 e. The molecule has 1 aliphatic rings. The largest absolute Gasteiger partial charge is 0.398 e. The minimum Gasteiger partial charge on any atom is -0.398 e. The number of nitrogens with zero attached hydrogens (tertiary/aromatic N) is 1. The van der Waals surface area contributed by atoms with Gasteiger partial charge < -0.3 is 10.8 Å². The van der Waals surface area contributed by atoms with Crippen molar-refractivity contribution in [2.45, 2.75) is 30.8 Å². The highest BCUT2D eigenvalue weighted by molar-refractivity contribution is 7.89. The third-order valence-corrected chi connectivity index (χ3v) is 5.11. The molecule has 1 aromatic carbocycles. The summed E-state index contributed by atoms with van der Waals surface area (Å²) in [6.45, 7) is 2.44. The van der Waals surface area contributed by atoms with Gasteiger partial charge in [-0.1, -0.05) is 6.07 Å². The van der Waals surface area contributed by atoms with Gasteiger partial charge in [0.25, 0.3) is 0 Å². The molecule has 0 saturated carbocycles. The fraction of sp³-hybridized carbons (Fsp3) is 0.500. The number of benzene rings is 1. The SMILES string of the molecule is Cc1ccc(S(=O)(=O)N2CCC[C@H](O)C2)cc1N. The maximum Gasteiger partial charge on any atom is 0.243 e. The van der Waals surface area contributed by atoms with E-state index in [-0.39, 0.29) is 11.4 Å². The maximum absolute atomic E-state index is 12.4. The number of aryl methyl sites for hydroxylation is 1. The van der Waals surface area contributed by atoms with E-state index in [2.05, 4.69) is 0 Å². The fourth-order valence-corrected chi connectivity index (χ4v) is 3.62. The van der Waals surface area contributed by atoms with Gasteiger partial charge in [0, 0.05) is 18.8 Å². The first-order valence-corrected chi connectivity index (χ1v) is 7.39. The number of piperidine rings is 1. The van der Waals surface area contributed by atoms with Crippen molar-refractivity contribution in [1.82, 2.24) is 4.31 Å². The lowest BCUT2D eigenvalue weighted by Crippen LogP contribution is -2.42. The number of hydrogen-bond acceptors (Lipinski definition) is 4. The van der Waals surface area contributed by atoms with E-state index in [1.165, 1.54) is 10.4 Å². The molecule has 1 saturated heterocycles. The first kappa shape index (κ1) is 13.3. The molecule has 1 aliphatic heterocycles. The van der Waals surface area contributed by atoms with Crippen molar-refractivity contribution in [2.24, 2.45) is 0 Å². The lowest BCUT2D eigenvalue weighted by Gasteiger charge is -2.29. The third-order valence-electron chi connectivity index (χ3n) is 3.25. The minimum absolute atomic E-state index is 0.163. The second-order valence-electron chi connectivity index (χ2n) is 4.68. The van der Waals surface area contributed by atoms with Crippen molar-refractivity contribution in [3.05, 3.63) is 23.8 Å². The number of anilines is 1. The van der Waals surface area contributed by atoms with Gasteiger partial charge in [-0.2, -0.15) is 4.31 Å². The van der Waals surface area contributed by atoms with Gasteiger partial charge in [-0.3, -0.25) is 0 Å². The highest BCUT2D eigenvalue weighted by Gasteiger charge is 2.29. The van der Waals surface area contributed by atoms with Crippen LogP contribution in [0.15, 0.2) is 23.1 Å². The number of nitrogens with two attached hydrogens (primary N) is 1. The molecule has 0 spiro atoms. The summed E-state index contributed by atoms with van der Waals surface area (Å²) >= 11 is 0. The molecule has 0 unspecified atom stereocenters. The van der Waals surface area contributed by atoms with E-state index in [1.54, 1.807) is 12.1 Å². The molecule has 0 aromatic heterocycles. The normalized spacial score (nSPS) is 22.0. The number of rotatable bonds is 2. The lowest BCUT2D eigenvalue weighted by atomic mass is 10.1.